The molecule has 12 heavy (non-hydrogen) atoms. The van der Waals surface area contributed by atoms with Crippen LogP contribution in [0.25, 0.3) is 0 Å². The summed E-state index contributed by atoms with van der Waals surface area (Å²) in [6.07, 6.45) is 0. The minimum absolute atomic E-state index is 0.789. The third-order valence-corrected chi connectivity index (χ3v) is 2.83. The molecule has 0 atom stereocenters. The molecule has 0 aliphatic rings. The second-order valence-corrected chi connectivity index (χ2v) is 3.48. The van der Waals surface area contributed by atoms with Crippen LogP contribution in [0.3, 0.4) is 0 Å². The molecule has 1 heterocycles. The van der Waals surface area contributed by atoms with E-state index in [2.05, 4.69) is 24.8 Å². The average Bonchev–Trinajstić information content (AvgIpc) is 2.55. The Bertz CT molecular complexity index is 281. The van der Waals surface area contributed by atoms with Crippen LogP contribution >= 0.6 is 11.3 Å². The summed E-state index contributed by atoms with van der Waals surface area (Å²) in [7, 11) is 0. The van der Waals surface area contributed by atoms with Crippen molar-refractivity contribution in [1.29, 1.82) is 5.26 Å². The molecule has 0 saturated heterocycles. The molecule has 1 aromatic rings. The van der Waals surface area contributed by atoms with Crippen LogP contribution in [0.15, 0.2) is 12.1 Å². The lowest BCUT2D eigenvalue weighted by Crippen LogP contribution is -2.20. The molecule has 1 rings (SSSR count). The summed E-state index contributed by atoms with van der Waals surface area (Å²) in [4.78, 5) is 3.03. The first-order chi connectivity index (χ1) is 5.81. The summed E-state index contributed by atoms with van der Waals surface area (Å²) in [5.41, 5.74) is 0. The molecule has 0 N–H and O–H groups in total. The molecule has 1 aromatic heterocycles. The van der Waals surface area contributed by atoms with Gasteiger partial charge >= 0.3 is 0 Å². The van der Waals surface area contributed by atoms with E-state index in [4.69, 9.17) is 5.26 Å². The van der Waals surface area contributed by atoms with E-state index < -0.39 is 0 Å². The van der Waals surface area contributed by atoms with Crippen molar-refractivity contribution in [2.75, 3.05) is 18.0 Å². The molecule has 0 fully saturated rings. The summed E-state index contributed by atoms with van der Waals surface area (Å²) >= 11 is 1.55. The van der Waals surface area contributed by atoms with Gasteiger partial charge in [-0.1, -0.05) is 0 Å². The van der Waals surface area contributed by atoms with Gasteiger partial charge in [0.15, 0.2) is 0 Å². The Labute approximate surface area is 77.0 Å². The number of hydrogen-bond acceptors (Lipinski definition) is 3. The largest absolute Gasteiger partial charge is 0.364 e. The molecule has 0 saturated carbocycles. The summed E-state index contributed by atoms with van der Waals surface area (Å²) in [5, 5.41) is 9.81. The topological polar surface area (TPSA) is 27.0 Å². The first kappa shape index (κ1) is 9.08. The van der Waals surface area contributed by atoms with Crippen LogP contribution in [-0.2, 0) is 0 Å². The molecule has 0 unspecified atom stereocenters. The summed E-state index contributed by atoms with van der Waals surface area (Å²) < 4.78 is 0. The highest BCUT2D eigenvalue weighted by atomic mass is 32.1. The highest BCUT2D eigenvalue weighted by Crippen LogP contribution is 2.24. The van der Waals surface area contributed by atoms with Crippen molar-refractivity contribution in [3.8, 4) is 6.07 Å². The van der Waals surface area contributed by atoms with Gasteiger partial charge in [-0.2, -0.15) is 5.26 Å². The third-order valence-electron chi connectivity index (χ3n) is 1.78. The molecular weight excluding hydrogens is 168 g/mol. The second kappa shape index (κ2) is 4.13. The third kappa shape index (κ3) is 1.77. The lowest BCUT2D eigenvalue weighted by molar-refractivity contribution is 0.876. The summed E-state index contributed by atoms with van der Waals surface area (Å²) in [5.74, 6) is 0. The van der Waals surface area contributed by atoms with E-state index in [1.165, 1.54) is 5.00 Å². The van der Waals surface area contributed by atoms with E-state index in [0.29, 0.717) is 0 Å². The van der Waals surface area contributed by atoms with Gasteiger partial charge in [-0.3, -0.25) is 0 Å². The summed E-state index contributed by atoms with van der Waals surface area (Å²) in [6, 6.07) is 6.03. The number of anilines is 1. The second-order valence-electron chi connectivity index (χ2n) is 2.42. The zero-order valence-corrected chi connectivity index (χ0v) is 8.19. The van der Waals surface area contributed by atoms with Crippen LogP contribution in [0, 0.1) is 11.3 Å². The lowest BCUT2D eigenvalue weighted by Gasteiger charge is -2.17. The Morgan fingerprint density at radius 1 is 1.42 bits per heavy atom. The molecule has 0 aromatic carbocycles. The maximum absolute atomic E-state index is 8.62. The molecule has 0 spiro atoms. The summed E-state index contributed by atoms with van der Waals surface area (Å²) in [6.45, 7) is 6.24. The normalized spacial score (nSPS) is 9.42. The van der Waals surface area contributed by atoms with Crippen molar-refractivity contribution in [3.63, 3.8) is 0 Å². The Morgan fingerprint density at radius 3 is 2.50 bits per heavy atom. The molecule has 3 heteroatoms. The zero-order valence-electron chi connectivity index (χ0n) is 7.37. The molecule has 0 radical (unpaired) electrons. The number of nitrogens with zero attached hydrogens (tertiary/aromatic N) is 2. The molecule has 2 nitrogen and oxygen atoms in total. The highest BCUT2D eigenvalue weighted by Gasteiger charge is 2.04. The molecule has 0 aliphatic carbocycles. The van der Waals surface area contributed by atoms with Crippen molar-refractivity contribution >= 4 is 16.3 Å². The fraction of sp³-hybridized carbons (Fsp3) is 0.444. The number of nitriles is 1. The Hall–Kier alpha value is -1.01. The van der Waals surface area contributed by atoms with E-state index in [1.54, 1.807) is 11.3 Å². The van der Waals surface area contributed by atoms with Crippen LogP contribution in [0.1, 0.15) is 18.7 Å². The number of thiophene rings is 1. The minimum atomic E-state index is 0.789. The van der Waals surface area contributed by atoms with E-state index in [-0.39, 0.29) is 0 Å². The molecule has 0 amide bonds. The maximum Gasteiger partial charge on any atom is 0.110 e. The quantitative estimate of drug-likeness (QED) is 0.714. The smallest absolute Gasteiger partial charge is 0.110 e. The van der Waals surface area contributed by atoms with Gasteiger partial charge in [-0.05, 0) is 26.0 Å². The van der Waals surface area contributed by atoms with Gasteiger partial charge in [-0.15, -0.1) is 11.3 Å². The van der Waals surface area contributed by atoms with Crippen molar-refractivity contribution < 1.29 is 0 Å². The van der Waals surface area contributed by atoms with E-state index in [9.17, 15) is 0 Å². The fourth-order valence-electron chi connectivity index (χ4n) is 1.09. The predicted molar refractivity (Wildman–Crippen MR) is 52.6 cm³/mol. The van der Waals surface area contributed by atoms with Crippen LogP contribution in [-0.4, -0.2) is 13.1 Å². The minimum Gasteiger partial charge on any atom is -0.364 e. The first-order valence-electron chi connectivity index (χ1n) is 4.06. The molecule has 64 valence electrons. The Balaban J connectivity index is 2.81. The highest BCUT2D eigenvalue weighted by molar-refractivity contribution is 7.16. The van der Waals surface area contributed by atoms with Gasteiger partial charge in [0.2, 0.25) is 0 Å². The van der Waals surface area contributed by atoms with Crippen LogP contribution in [0.5, 0.6) is 0 Å². The monoisotopic (exact) mass is 180 g/mol. The van der Waals surface area contributed by atoms with Crippen molar-refractivity contribution in [3.05, 3.63) is 17.0 Å². The molecule has 0 bridgehead atoms. The van der Waals surface area contributed by atoms with Crippen LogP contribution in [0.4, 0.5) is 5.00 Å². The van der Waals surface area contributed by atoms with Gasteiger partial charge in [0.25, 0.3) is 0 Å². The van der Waals surface area contributed by atoms with Gasteiger partial charge in [-0.25, -0.2) is 0 Å². The molecular formula is C9H12N2S. The van der Waals surface area contributed by atoms with E-state index in [0.717, 1.165) is 18.0 Å². The SMILES string of the molecule is CCN(CC)c1ccc(C#N)s1. The van der Waals surface area contributed by atoms with Crippen molar-refractivity contribution in [2.24, 2.45) is 0 Å². The van der Waals surface area contributed by atoms with Gasteiger partial charge in [0, 0.05) is 13.1 Å². The predicted octanol–water partition coefficient (Wildman–Crippen LogP) is 2.47. The van der Waals surface area contributed by atoms with E-state index >= 15 is 0 Å². The fourth-order valence-corrected chi connectivity index (χ4v) is 2.02. The molecule has 0 aliphatic heterocycles. The van der Waals surface area contributed by atoms with Gasteiger partial charge < -0.3 is 4.90 Å². The van der Waals surface area contributed by atoms with Gasteiger partial charge in [0.1, 0.15) is 10.9 Å². The van der Waals surface area contributed by atoms with Crippen LogP contribution < -0.4 is 4.90 Å². The number of hydrogen-bond donors (Lipinski definition) is 0. The standard InChI is InChI=1S/C9H12N2S/c1-3-11(4-2)9-6-5-8(7-10)12-9/h5-6H,3-4H2,1-2H3. The lowest BCUT2D eigenvalue weighted by atomic mass is 10.4. The van der Waals surface area contributed by atoms with Gasteiger partial charge in [0.05, 0.1) is 5.00 Å². The average molecular weight is 180 g/mol. The van der Waals surface area contributed by atoms with E-state index in [1.807, 2.05) is 12.1 Å². The Kier molecular flexibility index (Phi) is 3.12. The first-order valence-corrected chi connectivity index (χ1v) is 4.88. The van der Waals surface area contributed by atoms with Crippen molar-refractivity contribution in [1.82, 2.24) is 0 Å². The number of rotatable bonds is 3. The van der Waals surface area contributed by atoms with Crippen molar-refractivity contribution in [2.45, 2.75) is 13.8 Å². The van der Waals surface area contributed by atoms with Crippen LogP contribution in [0.2, 0.25) is 0 Å². The Morgan fingerprint density at radius 2 is 2.08 bits per heavy atom. The maximum atomic E-state index is 8.62. The zero-order chi connectivity index (χ0) is 8.97.